The van der Waals surface area contributed by atoms with Crippen LogP contribution in [-0.2, 0) is 9.59 Å². The van der Waals surface area contributed by atoms with E-state index in [0.29, 0.717) is 30.6 Å². The highest BCUT2D eigenvalue weighted by molar-refractivity contribution is 6.13. The Morgan fingerprint density at radius 1 is 1.26 bits per heavy atom. The van der Waals surface area contributed by atoms with Gasteiger partial charge in [-0.15, -0.1) is 0 Å². The van der Waals surface area contributed by atoms with Crippen molar-refractivity contribution in [2.45, 2.75) is 19.3 Å². The minimum atomic E-state index is -0.972. The minimum Gasteiger partial charge on any atom is -0.355 e. The minimum absolute atomic E-state index is 0.219. The molecule has 0 atom stereocenters. The number of carbonyl (C=O) groups is 2. The molecule has 2 amide bonds. The van der Waals surface area contributed by atoms with Crippen LogP contribution in [0.25, 0.3) is 0 Å². The number of anilines is 1. The lowest BCUT2D eigenvalue weighted by Crippen LogP contribution is -2.40. The predicted molar refractivity (Wildman–Crippen MR) is 87.6 cm³/mol. The normalized spacial score (nSPS) is 14.9. The van der Waals surface area contributed by atoms with Gasteiger partial charge in [0.15, 0.2) is 0 Å². The van der Waals surface area contributed by atoms with E-state index in [9.17, 15) is 9.59 Å². The molecule has 0 radical (unpaired) electrons. The third-order valence-corrected chi connectivity index (χ3v) is 3.98. The number of hydrogen-bond acceptors (Lipinski definition) is 4. The summed E-state index contributed by atoms with van der Waals surface area (Å²) in [5.74, 6) is -0.548. The van der Waals surface area contributed by atoms with Crippen molar-refractivity contribution in [3.8, 4) is 6.07 Å². The van der Waals surface area contributed by atoms with E-state index in [1.807, 2.05) is 25.1 Å². The molecule has 0 bridgehead atoms. The smallest absolute Gasteiger partial charge is 0.240 e. The van der Waals surface area contributed by atoms with Crippen molar-refractivity contribution in [3.63, 3.8) is 0 Å². The lowest BCUT2D eigenvalue weighted by atomic mass is 10.0. The second-order valence-electron chi connectivity index (χ2n) is 6.11. The van der Waals surface area contributed by atoms with Crippen molar-refractivity contribution >= 4 is 17.5 Å². The average molecular weight is 314 g/mol. The molecule has 1 fully saturated rings. The third-order valence-electron chi connectivity index (χ3n) is 3.98. The summed E-state index contributed by atoms with van der Waals surface area (Å²) >= 11 is 0. The summed E-state index contributed by atoms with van der Waals surface area (Å²) < 4.78 is 0. The van der Waals surface area contributed by atoms with Crippen LogP contribution in [0.3, 0.4) is 0 Å². The van der Waals surface area contributed by atoms with Crippen molar-refractivity contribution in [2.24, 2.45) is 5.41 Å². The van der Waals surface area contributed by atoms with E-state index in [4.69, 9.17) is 5.26 Å². The molecule has 2 rings (SSSR count). The number of carbonyl (C=O) groups excluding carboxylic acids is 2. The van der Waals surface area contributed by atoms with Gasteiger partial charge >= 0.3 is 0 Å². The SMILES string of the molecule is CN(C)CCCNC(=O)C1(C(=O)Nc2ccccc2C#N)CC1. The van der Waals surface area contributed by atoms with Crippen molar-refractivity contribution in [1.29, 1.82) is 5.26 Å². The maximum atomic E-state index is 12.5. The van der Waals surface area contributed by atoms with Crippen LogP contribution in [-0.4, -0.2) is 43.9 Å². The zero-order valence-electron chi connectivity index (χ0n) is 13.6. The largest absolute Gasteiger partial charge is 0.355 e. The summed E-state index contributed by atoms with van der Waals surface area (Å²) in [7, 11) is 3.95. The van der Waals surface area contributed by atoms with Crippen molar-refractivity contribution in [1.82, 2.24) is 10.2 Å². The molecule has 23 heavy (non-hydrogen) atoms. The molecule has 1 aromatic rings. The Morgan fingerprint density at radius 2 is 1.96 bits per heavy atom. The number of amides is 2. The van der Waals surface area contributed by atoms with Gasteiger partial charge in [-0.2, -0.15) is 5.26 Å². The summed E-state index contributed by atoms with van der Waals surface area (Å²) in [6.45, 7) is 1.44. The van der Waals surface area contributed by atoms with E-state index in [0.717, 1.165) is 13.0 Å². The molecule has 0 aromatic heterocycles. The average Bonchev–Trinajstić information content (AvgIpc) is 3.33. The number of para-hydroxylation sites is 1. The lowest BCUT2D eigenvalue weighted by Gasteiger charge is -2.16. The summed E-state index contributed by atoms with van der Waals surface area (Å²) in [5.41, 5.74) is -0.129. The molecule has 1 aliphatic carbocycles. The third kappa shape index (κ3) is 4.08. The molecule has 122 valence electrons. The van der Waals surface area contributed by atoms with Gasteiger partial charge in [0.1, 0.15) is 11.5 Å². The van der Waals surface area contributed by atoms with Crippen LogP contribution in [0.1, 0.15) is 24.8 Å². The van der Waals surface area contributed by atoms with Crippen molar-refractivity contribution in [3.05, 3.63) is 29.8 Å². The molecule has 6 heteroatoms. The van der Waals surface area contributed by atoms with Crippen LogP contribution < -0.4 is 10.6 Å². The van der Waals surface area contributed by atoms with Gasteiger partial charge < -0.3 is 15.5 Å². The van der Waals surface area contributed by atoms with Crippen LogP contribution in [0.4, 0.5) is 5.69 Å². The van der Waals surface area contributed by atoms with Gasteiger partial charge in [0, 0.05) is 6.54 Å². The fraction of sp³-hybridized carbons (Fsp3) is 0.471. The fourth-order valence-corrected chi connectivity index (χ4v) is 2.38. The van der Waals surface area contributed by atoms with Crippen LogP contribution in [0.5, 0.6) is 0 Å². The van der Waals surface area contributed by atoms with E-state index in [-0.39, 0.29) is 11.8 Å². The van der Waals surface area contributed by atoms with Gasteiger partial charge in [-0.25, -0.2) is 0 Å². The van der Waals surface area contributed by atoms with Gasteiger partial charge in [-0.3, -0.25) is 9.59 Å². The van der Waals surface area contributed by atoms with Gasteiger partial charge in [0.05, 0.1) is 11.3 Å². The number of nitrogens with one attached hydrogen (secondary N) is 2. The zero-order valence-corrected chi connectivity index (χ0v) is 13.6. The first kappa shape index (κ1) is 17.0. The van der Waals surface area contributed by atoms with E-state index in [2.05, 4.69) is 10.6 Å². The maximum absolute atomic E-state index is 12.5. The topological polar surface area (TPSA) is 85.2 Å². The van der Waals surface area contributed by atoms with Crippen LogP contribution in [0, 0.1) is 16.7 Å². The zero-order chi connectivity index (χ0) is 16.9. The number of nitrogens with zero attached hydrogens (tertiary/aromatic N) is 2. The second kappa shape index (κ2) is 7.25. The lowest BCUT2D eigenvalue weighted by molar-refractivity contribution is -0.134. The number of nitriles is 1. The van der Waals surface area contributed by atoms with E-state index in [1.54, 1.807) is 24.3 Å². The molecule has 2 N–H and O–H groups in total. The molecule has 6 nitrogen and oxygen atoms in total. The monoisotopic (exact) mass is 314 g/mol. The van der Waals surface area contributed by atoms with Crippen molar-refractivity contribution in [2.75, 3.05) is 32.5 Å². The first-order valence-corrected chi connectivity index (χ1v) is 7.73. The summed E-state index contributed by atoms with van der Waals surface area (Å²) in [6, 6.07) is 8.82. The molecule has 0 aliphatic heterocycles. The molecular weight excluding hydrogens is 292 g/mol. The first-order valence-electron chi connectivity index (χ1n) is 7.73. The van der Waals surface area contributed by atoms with E-state index in [1.165, 1.54) is 0 Å². The molecule has 0 saturated heterocycles. The highest BCUT2D eigenvalue weighted by Crippen LogP contribution is 2.46. The maximum Gasteiger partial charge on any atom is 0.240 e. The predicted octanol–water partition coefficient (Wildman–Crippen LogP) is 1.34. The molecule has 1 saturated carbocycles. The highest BCUT2D eigenvalue weighted by atomic mass is 16.2. The molecule has 0 spiro atoms. The fourth-order valence-electron chi connectivity index (χ4n) is 2.38. The van der Waals surface area contributed by atoms with E-state index < -0.39 is 5.41 Å². The van der Waals surface area contributed by atoms with Gasteiger partial charge in [-0.05, 0) is 52.0 Å². The Kier molecular flexibility index (Phi) is 5.35. The molecule has 0 unspecified atom stereocenters. The molecule has 0 heterocycles. The number of hydrogen-bond donors (Lipinski definition) is 2. The Bertz CT molecular complexity index is 630. The Hall–Kier alpha value is -2.39. The Labute approximate surface area is 136 Å². The van der Waals surface area contributed by atoms with Crippen LogP contribution in [0.15, 0.2) is 24.3 Å². The standard InChI is InChI=1S/C17H22N4O2/c1-21(2)11-5-10-19-15(22)17(8-9-17)16(23)20-14-7-4-3-6-13(14)12-18/h3-4,6-7H,5,8-11H2,1-2H3,(H,19,22)(H,20,23). The van der Waals surface area contributed by atoms with Crippen LogP contribution in [0.2, 0.25) is 0 Å². The molecular formula is C17H22N4O2. The van der Waals surface area contributed by atoms with E-state index >= 15 is 0 Å². The van der Waals surface area contributed by atoms with Crippen LogP contribution >= 0.6 is 0 Å². The Morgan fingerprint density at radius 3 is 2.57 bits per heavy atom. The molecule has 1 aromatic carbocycles. The first-order chi connectivity index (χ1) is 11.0. The second-order valence-corrected chi connectivity index (χ2v) is 6.11. The summed E-state index contributed by atoms with van der Waals surface area (Å²) in [4.78, 5) is 26.8. The highest BCUT2D eigenvalue weighted by Gasteiger charge is 2.56. The molecule has 1 aliphatic rings. The number of rotatable bonds is 7. The van der Waals surface area contributed by atoms with Gasteiger partial charge in [0.2, 0.25) is 11.8 Å². The van der Waals surface area contributed by atoms with Gasteiger partial charge in [-0.1, -0.05) is 12.1 Å². The number of benzene rings is 1. The van der Waals surface area contributed by atoms with Gasteiger partial charge in [0.25, 0.3) is 0 Å². The summed E-state index contributed by atoms with van der Waals surface area (Å²) in [6.07, 6.45) is 1.94. The summed E-state index contributed by atoms with van der Waals surface area (Å²) in [5, 5.41) is 14.6. The van der Waals surface area contributed by atoms with Crippen molar-refractivity contribution < 1.29 is 9.59 Å². The quantitative estimate of drug-likeness (QED) is 0.587. The Balaban J connectivity index is 1.93.